The van der Waals surface area contributed by atoms with Crippen molar-refractivity contribution in [1.82, 2.24) is 0 Å². The van der Waals surface area contributed by atoms with Crippen LogP contribution in [0.2, 0.25) is 0 Å². The third-order valence-electron chi connectivity index (χ3n) is 7.77. The van der Waals surface area contributed by atoms with Gasteiger partial charge in [0.25, 0.3) is 0 Å². The molecule has 5 rings (SSSR count). The summed E-state index contributed by atoms with van der Waals surface area (Å²) in [5.74, 6) is 0.250. The normalized spacial score (nSPS) is 12.8. The number of hydrogen-bond acceptors (Lipinski definition) is 6. The molecule has 40 heavy (non-hydrogen) atoms. The second-order valence-corrected chi connectivity index (χ2v) is 15.0. The lowest BCUT2D eigenvalue weighted by molar-refractivity contribution is 0.584. The van der Waals surface area contributed by atoms with Gasteiger partial charge in [-0.15, -0.1) is 0 Å². The molecule has 0 radical (unpaired) electrons. The van der Waals surface area contributed by atoms with Crippen molar-refractivity contribution in [2.45, 2.75) is 87.8 Å². The van der Waals surface area contributed by atoms with Crippen molar-refractivity contribution in [2.24, 2.45) is 0 Å². The van der Waals surface area contributed by atoms with Crippen LogP contribution in [-0.2, 0) is 19.7 Å². The maximum Gasteiger partial charge on any atom is 0.178 e. The van der Waals surface area contributed by atoms with Crippen molar-refractivity contribution in [1.29, 1.82) is 0 Å². The van der Waals surface area contributed by atoms with Crippen LogP contribution >= 0.6 is 0 Å². The predicted octanol–water partition coefficient (Wildman–Crippen LogP) is 8.97. The van der Waals surface area contributed by atoms with Gasteiger partial charge in [-0.25, -0.2) is 16.8 Å². The van der Waals surface area contributed by atoms with Crippen LogP contribution in [0.4, 0.5) is 0 Å². The van der Waals surface area contributed by atoms with E-state index in [2.05, 4.69) is 13.8 Å². The highest BCUT2D eigenvalue weighted by Gasteiger charge is 2.21. The standard InChI is InChI=1S/C32H38O6S2/c1-3-5-7-9-11-19-39(33,34)23-13-15-25-27-17-18-28-26-16-14-24(40(35,36)20-12-10-8-6-4-2)22-30(26)38-32(28)31(27)37-29(25)21-23/h13-18,21-22H,3-12,19-20H2,1-2H3. The Morgan fingerprint density at radius 3 is 1.27 bits per heavy atom. The first kappa shape index (κ1) is 28.7. The van der Waals surface area contributed by atoms with E-state index >= 15 is 0 Å². The van der Waals surface area contributed by atoms with Crippen LogP contribution < -0.4 is 0 Å². The highest BCUT2D eigenvalue weighted by atomic mass is 32.2. The number of furan rings is 2. The van der Waals surface area contributed by atoms with Gasteiger partial charge in [0.1, 0.15) is 11.2 Å². The Bertz CT molecular complexity index is 1720. The first-order chi connectivity index (χ1) is 19.2. The number of rotatable bonds is 14. The fourth-order valence-corrected chi connectivity index (χ4v) is 8.21. The van der Waals surface area contributed by atoms with E-state index in [0.29, 0.717) is 35.2 Å². The molecule has 2 aromatic heterocycles. The van der Waals surface area contributed by atoms with Crippen molar-refractivity contribution in [2.75, 3.05) is 11.5 Å². The Labute approximate surface area is 236 Å². The van der Waals surface area contributed by atoms with Gasteiger partial charge in [-0.1, -0.05) is 65.2 Å². The molecule has 0 bridgehead atoms. The molecule has 0 aliphatic rings. The Hall–Kier alpha value is -2.84. The molecule has 0 saturated heterocycles. The Morgan fingerprint density at radius 2 is 0.875 bits per heavy atom. The van der Waals surface area contributed by atoms with Crippen molar-refractivity contribution < 1.29 is 25.7 Å². The summed E-state index contributed by atoms with van der Waals surface area (Å²) >= 11 is 0. The Morgan fingerprint density at radius 1 is 0.500 bits per heavy atom. The number of hydrogen-bond donors (Lipinski definition) is 0. The zero-order valence-corrected chi connectivity index (χ0v) is 25.0. The minimum absolute atomic E-state index is 0.125. The summed E-state index contributed by atoms with van der Waals surface area (Å²) in [6.45, 7) is 4.27. The molecule has 0 aliphatic carbocycles. The Balaban J connectivity index is 1.46. The summed E-state index contributed by atoms with van der Waals surface area (Å²) in [5.41, 5.74) is 2.03. The quantitative estimate of drug-likeness (QED) is 0.121. The third-order valence-corrected chi connectivity index (χ3v) is 11.4. The first-order valence-corrected chi connectivity index (χ1v) is 17.8. The fraction of sp³-hybridized carbons (Fsp3) is 0.438. The van der Waals surface area contributed by atoms with Gasteiger partial charge >= 0.3 is 0 Å². The lowest BCUT2D eigenvalue weighted by atomic mass is 10.1. The van der Waals surface area contributed by atoms with Crippen molar-refractivity contribution in [3.8, 4) is 0 Å². The minimum atomic E-state index is -3.41. The number of benzene rings is 3. The lowest BCUT2D eigenvalue weighted by Crippen LogP contribution is -2.06. The van der Waals surface area contributed by atoms with Gasteiger partial charge in [-0.3, -0.25) is 0 Å². The number of fused-ring (bicyclic) bond motifs is 7. The molecule has 0 saturated carbocycles. The maximum absolute atomic E-state index is 13.0. The van der Waals surface area contributed by atoms with Gasteiger partial charge in [-0.05, 0) is 49.2 Å². The average molecular weight is 583 g/mol. The SMILES string of the molecule is CCCCCCCS(=O)(=O)c1ccc2c(c1)oc1c2ccc2c3ccc(S(=O)(=O)CCCCCCC)cc3oc21. The molecule has 0 amide bonds. The summed E-state index contributed by atoms with van der Waals surface area (Å²) in [6.07, 6.45) is 9.70. The van der Waals surface area contributed by atoms with Crippen LogP contribution in [0.25, 0.3) is 43.9 Å². The molecule has 0 aliphatic heterocycles. The van der Waals surface area contributed by atoms with E-state index in [4.69, 9.17) is 8.83 Å². The van der Waals surface area contributed by atoms with E-state index in [-0.39, 0.29) is 21.3 Å². The molecule has 214 valence electrons. The first-order valence-electron chi connectivity index (χ1n) is 14.5. The highest BCUT2D eigenvalue weighted by Crippen LogP contribution is 2.39. The summed E-state index contributed by atoms with van der Waals surface area (Å²) in [4.78, 5) is 0.528. The molecule has 0 spiro atoms. The van der Waals surface area contributed by atoms with Crippen molar-refractivity contribution in [3.63, 3.8) is 0 Å². The average Bonchev–Trinajstić information content (AvgIpc) is 3.50. The summed E-state index contributed by atoms with van der Waals surface area (Å²) in [6, 6.07) is 14.0. The molecule has 6 nitrogen and oxygen atoms in total. The Kier molecular flexibility index (Phi) is 8.57. The maximum atomic E-state index is 13.0. The van der Waals surface area contributed by atoms with E-state index < -0.39 is 19.7 Å². The zero-order valence-electron chi connectivity index (χ0n) is 23.4. The van der Waals surface area contributed by atoms with Crippen LogP contribution in [-0.4, -0.2) is 28.3 Å². The van der Waals surface area contributed by atoms with Gasteiger partial charge in [0.2, 0.25) is 0 Å². The van der Waals surface area contributed by atoms with Crippen LogP contribution in [0.3, 0.4) is 0 Å². The molecule has 2 heterocycles. The van der Waals surface area contributed by atoms with E-state index in [1.807, 2.05) is 12.1 Å². The largest absolute Gasteiger partial charge is 0.452 e. The molecule has 8 heteroatoms. The molecular formula is C32H38O6S2. The van der Waals surface area contributed by atoms with E-state index in [9.17, 15) is 16.8 Å². The molecule has 0 unspecified atom stereocenters. The molecule has 0 N–H and O–H groups in total. The smallest absolute Gasteiger partial charge is 0.178 e. The van der Waals surface area contributed by atoms with Gasteiger partial charge in [0.15, 0.2) is 30.8 Å². The topological polar surface area (TPSA) is 94.6 Å². The minimum Gasteiger partial charge on any atom is -0.452 e. The van der Waals surface area contributed by atoms with E-state index in [1.165, 1.54) is 0 Å². The molecule has 5 aromatic rings. The summed E-state index contributed by atoms with van der Waals surface area (Å²) in [7, 11) is -6.82. The lowest BCUT2D eigenvalue weighted by Gasteiger charge is -2.04. The fourth-order valence-electron chi connectivity index (χ4n) is 5.44. The van der Waals surface area contributed by atoms with Gasteiger partial charge in [0.05, 0.1) is 21.3 Å². The second kappa shape index (κ2) is 12.0. The second-order valence-electron chi connectivity index (χ2n) is 10.8. The number of sulfone groups is 2. The van der Waals surface area contributed by atoms with E-state index in [0.717, 1.165) is 72.9 Å². The molecular weight excluding hydrogens is 544 g/mol. The molecule has 0 atom stereocenters. The monoisotopic (exact) mass is 582 g/mol. The van der Waals surface area contributed by atoms with Crippen LogP contribution in [0.1, 0.15) is 78.1 Å². The van der Waals surface area contributed by atoms with Gasteiger partial charge in [-0.2, -0.15) is 0 Å². The summed E-state index contributed by atoms with van der Waals surface area (Å²) < 4.78 is 64.3. The van der Waals surface area contributed by atoms with Crippen molar-refractivity contribution in [3.05, 3.63) is 48.5 Å². The third kappa shape index (κ3) is 5.79. The number of unbranched alkanes of at least 4 members (excludes halogenated alkanes) is 8. The molecule has 0 fully saturated rings. The summed E-state index contributed by atoms with van der Waals surface area (Å²) in [5, 5.41) is 3.27. The highest BCUT2D eigenvalue weighted by molar-refractivity contribution is 7.91. The zero-order chi connectivity index (χ0) is 28.3. The van der Waals surface area contributed by atoms with Crippen LogP contribution in [0.15, 0.2) is 67.2 Å². The van der Waals surface area contributed by atoms with E-state index in [1.54, 1.807) is 36.4 Å². The van der Waals surface area contributed by atoms with Gasteiger partial charge < -0.3 is 8.83 Å². The van der Waals surface area contributed by atoms with Crippen LogP contribution in [0, 0.1) is 0 Å². The van der Waals surface area contributed by atoms with Gasteiger partial charge in [0, 0.05) is 33.7 Å². The van der Waals surface area contributed by atoms with Crippen LogP contribution in [0.5, 0.6) is 0 Å². The van der Waals surface area contributed by atoms with Crippen molar-refractivity contribution >= 4 is 63.6 Å². The molecule has 3 aromatic carbocycles. The predicted molar refractivity (Wildman–Crippen MR) is 163 cm³/mol.